The van der Waals surface area contributed by atoms with Gasteiger partial charge in [-0.3, -0.25) is 4.79 Å². The minimum atomic E-state index is -0.735. The first-order chi connectivity index (χ1) is 4.57. The lowest BCUT2D eigenvalue weighted by atomic mass is 10.1. The molecule has 3 nitrogen and oxygen atoms in total. The number of carbonyl (C=O) groups excluding carboxylic acids is 1. The molecule has 0 saturated heterocycles. The van der Waals surface area contributed by atoms with Gasteiger partial charge in [0.05, 0.1) is 0 Å². The molecule has 0 aromatic rings. The van der Waals surface area contributed by atoms with Crippen molar-refractivity contribution in [2.45, 2.75) is 33.4 Å². The Labute approximate surface area is 61.4 Å². The fourth-order valence-electron chi connectivity index (χ4n) is 0.534. The van der Waals surface area contributed by atoms with Gasteiger partial charge in [0.25, 0.3) is 0 Å². The molecule has 0 heterocycles. The number of aliphatic hydroxyl groups excluding tert-OH is 1. The van der Waals surface area contributed by atoms with Crippen LogP contribution in [0.3, 0.4) is 0 Å². The van der Waals surface area contributed by atoms with Crippen molar-refractivity contribution in [1.29, 1.82) is 0 Å². The highest BCUT2D eigenvalue weighted by molar-refractivity contribution is 5.78. The van der Waals surface area contributed by atoms with Crippen molar-refractivity contribution in [3.05, 3.63) is 0 Å². The number of hydrogen-bond acceptors (Lipinski definition) is 2. The van der Waals surface area contributed by atoms with Gasteiger partial charge in [0.1, 0.15) is 6.23 Å². The first-order valence-corrected chi connectivity index (χ1v) is 3.56. The lowest BCUT2D eigenvalue weighted by Crippen LogP contribution is -2.35. The van der Waals surface area contributed by atoms with Crippen LogP contribution in [0.4, 0.5) is 0 Å². The normalized spacial score (nSPS) is 16.0. The summed E-state index contributed by atoms with van der Waals surface area (Å²) >= 11 is 0. The van der Waals surface area contributed by atoms with Crippen molar-refractivity contribution in [1.82, 2.24) is 5.32 Å². The van der Waals surface area contributed by atoms with E-state index in [2.05, 4.69) is 5.32 Å². The Balaban J connectivity index is 3.62. The van der Waals surface area contributed by atoms with E-state index in [1.54, 1.807) is 0 Å². The van der Waals surface area contributed by atoms with Crippen LogP contribution in [0.2, 0.25) is 0 Å². The quantitative estimate of drug-likeness (QED) is 0.568. The molecule has 0 fully saturated rings. The van der Waals surface area contributed by atoms with E-state index in [1.807, 2.05) is 13.8 Å². The zero-order chi connectivity index (χ0) is 8.15. The SMILES string of the molecule is CC[C@H](C)C(=O)N[C@H](C)O. The molecule has 1 amide bonds. The summed E-state index contributed by atoms with van der Waals surface area (Å²) in [6.45, 7) is 5.30. The number of aliphatic hydroxyl groups is 1. The van der Waals surface area contributed by atoms with Gasteiger partial charge in [-0.2, -0.15) is 0 Å². The molecular formula is C7H15NO2. The Morgan fingerprint density at radius 1 is 1.60 bits per heavy atom. The second kappa shape index (κ2) is 4.28. The third kappa shape index (κ3) is 3.45. The summed E-state index contributed by atoms with van der Waals surface area (Å²) in [5.74, 6) is -0.0906. The van der Waals surface area contributed by atoms with Gasteiger partial charge in [0, 0.05) is 5.92 Å². The Hall–Kier alpha value is -0.570. The summed E-state index contributed by atoms with van der Waals surface area (Å²) in [5, 5.41) is 11.1. The molecule has 2 atom stereocenters. The van der Waals surface area contributed by atoms with E-state index in [9.17, 15) is 4.79 Å². The Morgan fingerprint density at radius 2 is 2.10 bits per heavy atom. The van der Waals surface area contributed by atoms with Gasteiger partial charge in [-0.05, 0) is 13.3 Å². The van der Waals surface area contributed by atoms with Crippen LogP contribution in [0.25, 0.3) is 0 Å². The van der Waals surface area contributed by atoms with Crippen LogP contribution in [-0.4, -0.2) is 17.2 Å². The van der Waals surface area contributed by atoms with E-state index in [-0.39, 0.29) is 11.8 Å². The van der Waals surface area contributed by atoms with Gasteiger partial charge in [0.15, 0.2) is 0 Å². The van der Waals surface area contributed by atoms with Gasteiger partial charge in [0.2, 0.25) is 5.91 Å². The van der Waals surface area contributed by atoms with E-state index in [0.29, 0.717) is 0 Å². The highest BCUT2D eigenvalue weighted by atomic mass is 16.3. The van der Waals surface area contributed by atoms with Crippen molar-refractivity contribution >= 4 is 5.91 Å². The molecule has 0 aliphatic rings. The topological polar surface area (TPSA) is 49.3 Å². The number of nitrogens with one attached hydrogen (secondary N) is 1. The van der Waals surface area contributed by atoms with Crippen LogP contribution in [-0.2, 0) is 4.79 Å². The molecule has 0 bridgehead atoms. The average molecular weight is 145 g/mol. The summed E-state index contributed by atoms with van der Waals surface area (Å²) in [6.07, 6.45) is 0.0694. The average Bonchev–Trinajstić information content (AvgIpc) is 1.85. The molecular weight excluding hydrogens is 130 g/mol. The summed E-state index contributed by atoms with van der Waals surface area (Å²) in [7, 11) is 0. The molecule has 0 unspecified atom stereocenters. The highest BCUT2D eigenvalue weighted by Crippen LogP contribution is 1.99. The molecule has 0 spiro atoms. The van der Waals surface area contributed by atoms with E-state index in [0.717, 1.165) is 6.42 Å². The minimum absolute atomic E-state index is 0.00500. The fraction of sp³-hybridized carbons (Fsp3) is 0.857. The number of carbonyl (C=O) groups is 1. The Bertz CT molecular complexity index is 112. The zero-order valence-corrected chi connectivity index (χ0v) is 6.72. The van der Waals surface area contributed by atoms with Crippen LogP contribution in [0, 0.1) is 5.92 Å². The predicted octanol–water partition coefficient (Wildman–Crippen LogP) is 0.487. The maximum absolute atomic E-state index is 10.9. The summed E-state index contributed by atoms with van der Waals surface area (Å²) < 4.78 is 0. The molecule has 0 radical (unpaired) electrons. The predicted molar refractivity (Wildman–Crippen MR) is 39.3 cm³/mol. The van der Waals surface area contributed by atoms with Crippen LogP contribution in [0.15, 0.2) is 0 Å². The maximum atomic E-state index is 10.9. The molecule has 3 heteroatoms. The molecule has 2 N–H and O–H groups in total. The second-order valence-corrected chi connectivity index (χ2v) is 2.49. The molecule has 0 saturated carbocycles. The lowest BCUT2D eigenvalue weighted by molar-refractivity contribution is -0.127. The smallest absolute Gasteiger partial charge is 0.224 e. The molecule has 60 valence electrons. The summed E-state index contributed by atoms with van der Waals surface area (Å²) in [5.41, 5.74) is 0. The van der Waals surface area contributed by atoms with Crippen LogP contribution in [0.5, 0.6) is 0 Å². The lowest BCUT2D eigenvalue weighted by Gasteiger charge is -2.11. The fourth-order valence-corrected chi connectivity index (χ4v) is 0.534. The molecule has 0 rings (SSSR count). The van der Waals surface area contributed by atoms with Crippen molar-refractivity contribution in [2.75, 3.05) is 0 Å². The first kappa shape index (κ1) is 9.43. The first-order valence-electron chi connectivity index (χ1n) is 3.56. The van der Waals surface area contributed by atoms with Crippen molar-refractivity contribution in [2.24, 2.45) is 5.92 Å². The third-order valence-electron chi connectivity index (χ3n) is 1.41. The van der Waals surface area contributed by atoms with Gasteiger partial charge in [-0.25, -0.2) is 0 Å². The third-order valence-corrected chi connectivity index (χ3v) is 1.41. The number of hydrogen-bond donors (Lipinski definition) is 2. The largest absolute Gasteiger partial charge is 0.374 e. The van der Waals surface area contributed by atoms with Gasteiger partial charge in [-0.15, -0.1) is 0 Å². The van der Waals surface area contributed by atoms with E-state index >= 15 is 0 Å². The van der Waals surface area contributed by atoms with Gasteiger partial charge < -0.3 is 10.4 Å². The second-order valence-electron chi connectivity index (χ2n) is 2.49. The van der Waals surface area contributed by atoms with Crippen LogP contribution >= 0.6 is 0 Å². The van der Waals surface area contributed by atoms with Crippen molar-refractivity contribution < 1.29 is 9.90 Å². The van der Waals surface area contributed by atoms with Gasteiger partial charge >= 0.3 is 0 Å². The maximum Gasteiger partial charge on any atom is 0.224 e. The zero-order valence-electron chi connectivity index (χ0n) is 6.72. The van der Waals surface area contributed by atoms with E-state index in [4.69, 9.17) is 5.11 Å². The van der Waals surface area contributed by atoms with Gasteiger partial charge in [-0.1, -0.05) is 13.8 Å². The number of rotatable bonds is 3. The van der Waals surface area contributed by atoms with Crippen LogP contribution in [0.1, 0.15) is 27.2 Å². The molecule has 0 aliphatic carbocycles. The van der Waals surface area contributed by atoms with Crippen molar-refractivity contribution in [3.63, 3.8) is 0 Å². The summed E-state index contributed by atoms with van der Waals surface area (Å²) in [6, 6.07) is 0. The summed E-state index contributed by atoms with van der Waals surface area (Å²) in [4.78, 5) is 10.9. The highest BCUT2D eigenvalue weighted by Gasteiger charge is 2.10. The molecule has 0 aliphatic heterocycles. The van der Waals surface area contributed by atoms with E-state index in [1.165, 1.54) is 6.92 Å². The van der Waals surface area contributed by atoms with Crippen molar-refractivity contribution in [3.8, 4) is 0 Å². The Kier molecular flexibility index (Phi) is 4.03. The molecule has 0 aromatic heterocycles. The Morgan fingerprint density at radius 3 is 2.40 bits per heavy atom. The number of amides is 1. The minimum Gasteiger partial charge on any atom is -0.374 e. The molecule has 10 heavy (non-hydrogen) atoms. The monoisotopic (exact) mass is 145 g/mol. The van der Waals surface area contributed by atoms with E-state index < -0.39 is 6.23 Å². The standard InChI is InChI=1S/C7H15NO2/c1-4-5(2)7(10)8-6(3)9/h5-6,9H,4H2,1-3H3,(H,8,10)/t5-,6-/m0/s1. The van der Waals surface area contributed by atoms with Crippen LogP contribution < -0.4 is 5.32 Å². The molecule has 0 aromatic carbocycles.